The van der Waals surface area contributed by atoms with Crippen LogP contribution in [0.25, 0.3) is 0 Å². The second-order valence-corrected chi connectivity index (χ2v) is 6.87. The highest BCUT2D eigenvalue weighted by Crippen LogP contribution is 2.42. The minimum Gasteiger partial charge on any atom is -0.481 e. The molecule has 2 N–H and O–H groups in total. The molecular weight excluding hydrogens is 262 g/mol. The van der Waals surface area contributed by atoms with Gasteiger partial charge in [0.25, 0.3) is 0 Å². The maximum absolute atomic E-state index is 11.9. The molecule has 0 spiro atoms. The van der Waals surface area contributed by atoms with Crippen LogP contribution in [-0.4, -0.2) is 41.0 Å². The fraction of sp³-hybridized carbons (Fsp3) is 0.857. The van der Waals surface area contributed by atoms with Crippen molar-refractivity contribution >= 4 is 12.1 Å². The predicted octanol–water partition coefficient (Wildman–Crippen LogP) is 1.92. The van der Waals surface area contributed by atoms with E-state index in [0.29, 0.717) is 12.3 Å². The molecule has 1 saturated heterocycles. The van der Waals surface area contributed by atoms with Crippen molar-refractivity contribution < 1.29 is 24.2 Å². The molecule has 2 atom stereocenters. The molecule has 114 valence electrons. The number of hydrogen-bond acceptors (Lipinski definition) is 4. The van der Waals surface area contributed by atoms with Crippen molar-refractivity contribution in [3.63, 3.8) is 0 Å². The number of ether oxygens (including phenoxy) is 2. The van der Waals surface area contributed by atoms with E-state index < -0.39 is 23.2 Å². The highest BCUT2D eigenvalue weighted by atomic mass is 16.6. The molecule has 1 amide bonds. The summed E-state index contributed by atoms with van der Waals surface area (Å²) in [5.41, 5.74) is -1.45. The van der Waals surface area contributed by atoms with E-state index in [0.717, 1.165) is 12.8 Å². The Balaban J connectivity index is 2.00. The third kappa shape index (κ3) is 4.10. The molecule has 2 fully saturated rings. The van der Waals surface area contributed by atoms with E-state index in [4.69, 9.17) is 14.6 Å². The summed E-state index contributed by atoms with van der Waals surface area (Å²) < 4.78 is 10.9. The van der Waals surface area contributed by atoms with Gasteiger partial charge in [0, 0.05) is 0 Å². The van der Waals surface area contributed by atoms with Crippen LogP contribution >= 0.6 is 0 Å². The van der Waals surface area contributed by atoms with Crippen LogP contribution < -0.4 is 5.32 Å². The van der Waals surface area contributed by atoms with Crippen LogP contribution in [0.2, 0.25) is 0 Å². The van der Waals surface area contributed by atoms with E-state index in [-0.39, 0.29) is 19.1 Å². The summed E-state index contributed by atoms with van der Waals surface area (Å²) in [5, 5.41) is 11.8. The molecule has 6 nitrogen and oxygen atoms in total. The molecule has 1 aliphatic carbocycles. The second kappa shape index (κ2) is 5.24. The Bertz CT molecular complexity index is 399. The lowest BCUT2D eigenvalue weighted by molar-refractivity contribution is -0.138. The highest BCUT2D eigenvalue weighted by molar-refractivity contribution is 5.73. The van der Waals surface area contributed by atoms with Gasteiger partial charge in [0.05, 0.1) is 24.7 Å². The molecule has 0 bridgehead atoms. The van der Waals surface area contributed by atoms with Gasteiger partial charge < -0.3 is 19.9 Å². The first kappa shape index (κ1) is 15.1. The number of hydrogen-bond donors (Lipinski definition) is 2. The second-order valence-electron chi connectivity index (χ2n) is 6.87. The maximum atomic E-state index is 11.9. The van der Waals surface area contributed by atoms with Crippen LogP contribution in [0.5, 0.6) is 0 Å². The molecule has 2 rings (SSSR count). The van der Waals surface area contributed by atoms with Gasteiger partial charge in [0.15, 0.2) is 0 Å². The van der Waals surface area contributed by atoms with E-state index in [1.54, 1.807) is 20.8 Å². The first-order valence-corrected chi connectivity index (χ1v) is 7.04. The average molecular weight is 285 g/mol. The lowest BCUT2D eigenvalue weighted by Gasteiger charge is -2.29. The average Bonchev–Trinajstić information content (AvgIpc) is 2.99. The van der Waals surface area contributed by atoms with Gasteiger partial charge in [-0.3, -0.25) is 4.79 Å². The number of carbonyl (C=O) groups excluding carboxylic acids is 1. The van der Waals surface area contributed by atoms with Crippen LogP contribution in [0.15, 0.2) is 0 Å². The number of carboxylic acids is 1. The minimum atomic E-state index is -0.943. The molecule has 0 aromatic carbocycles. The van der Waals surface area contributed by atoms with Crippen molar-refractivity contribution in [3.05, 3.63) is 0 Å². The van der Waals surface area contributed by atoms with Gasteiger partial charge in [-0.05, 0) is 46.0 Å². The van der Waals surface area contributed by atoms with Gasteiger partial charge in [0.2, 0.25) is 0 Å². The Hall–Kier alpha value is -1.30. The lowest BCUT2D eigenvalue weighted by atomic mass is 9.91. The number of rotatable bonds is 4. The van der Waals surface area contributed by atoms with Crippen molar-refractivity contribution in [3.8, 4) is 0 Å². The molecule has 1 saturated carbocycles. The number of carbonyl (C=O) groups is 2. The predicted molar refractivity (Wildman–Crippen MR) is 71.4 cm³/mol. The van der Waals surface area contributed by atoms with Gasteiger partial charge in [-0.25, -0.2) is 4.79 Å². The van der Waals surface area contributed by atoms with Gasteiger partial charge in [0.1, 0.15) is 5.60 Å². The number of amides is 1. The minimum absolute atomic E-state index is 0.0595. The highest BCUT2D eigenvalue weighted by Gasteiger charge is 2.48. The SMILES string of the molecule is CC(C)(C)OC(=O)NC1(CC(=O)O)COC(C2CC2)C1. The van der Waals surface area contributed by atoms with E-state index in [2.05, 4.69) is 5.32 Å². The number of alkyl carbamates (subject to hydrolysis) is 1. The summed E-state index contributed by atoms with van der Waals surface area (Å²) in [6.07, 6.45) is 2.13. The molecule has 20 heavy (non-hydrogen) atoms. The quantitative estimate of drug-likeness (QED) is 0.824. The molecule has 0 aromatic heterocycles. The van der Waals surface area contributed by atoms with E-state index in [1.807, 2.05) is 0 Å². The summed E-state index contributed by atoms with van der Waals surface area (Å²) >= 11 is 0. The molecule has 1 heterocycles. The van der Waals surface area contributed by atoms with Crippen LogP contribution in [0, 0.1) is 5.92 Å². The van der Waals surface area contributed by atoms with Crippen LogP contribution in [0.4, 0.5) is 4.79 Å². The number of nitrogens with one attached hydrogen (secondary N) is 1. The molecule has 1 aliphatic heterocycles. The zero-order valence-corrected chi connectivity index (χ0v) is 12.3. The van der Waals surface area contributed by atoms with E-state index >= 15 is 0 Å². The molecule has 0 radical (unpaired) electrons. The maximum Gasteiger partial charge on any atom is 0.408 e. The van der Waals surface area contributed by atoms with Crippen LogP contribution in [0.3, 0.4) is 0 Å². The van der Waals surface area contributed by atoms with E-state index in [9.17, 15) is 9.59 Å². The van der Waals surface area contributed by atoms with E-state index in [1.165, 1.54) is 0 Å². The Morgan fingerprint density at radius 3 is 2.55 bits per heavy atom. The Labute approximate surface area is 118 Å². The first-order chi connectivity index (χ1) is 9.19. The zero-order valence-electron chi connectivity index (χ0n) is 12.3. The summed E-state index contributed by atoms with van der Waals surface area (Å²) in [5.74, 6) is -0.424. The van der Waals surface area contributed by atoms with Gasteiger partial charge in [-0.1, -0.05) is 0 Å². The standard InChI is InChI=1S/C14H23NO5/c1-13(2,3)20-12(18)15-14(7-11(16)17)6-10(19-8-14)9-4-5-9/h9-10H,4-8H2,1-3H3,(H,15,18)(H,16,17). The largest absolute Gasteiger partial charge is 0.481 e. The summed E-state index contributed by atoms with van der Waals surface area (Å²) in [7, 11) is 0. The van der Waals surface area contributed by atoms with Crippen molar-refractivity contribution in [1.82, 2.24) is 5.32 Å². The Kier molecular flexibility index (Phi) is 3.95. The van der Waals surface area contributed by atoms with Gasteiger partial charge >= 0.3 is 12.1 Å². The Morgan fingerprint density at radius 2 is 2.05 bits per heavy atom. The van der Waals surface area contributed by atoms with Crippen molar-refractivity contribution in [2.24, 2.45) is 5.92 Å². The fourth-order valence-electron chi connectivity index (χ4n) is 2.60. The van der Waals surface area contributed by atoms with Gasteiger partial charge in [-0.15, -0.1) is 0 Å². The van der Waals surface area contributed by atoms with Crippen LogP contribution in [0.1, 0.15) is 46.5 Å². The molecule has 2 unspecified atom stereocenters. The molecular formula is C14H23NO5. The van der Waals surface area contributed by atoms with Gasteiger partial charge in [-0.2, -0.15) is 0 Å². The summed E-state index contributed by atoms with van der Waals surface area (Å²) in [6.45, 7) is 5.55. The third-order valence-electron chi connectivity index (χ3n) is 3.57. The fourth-order valence-corrected chi connectivity index (χ4v) is 2.60. The van der Waals surface area contributed by atoms with Crippen molar-refractivity contribution in [2.45, 2.75) is 63.7 Å². The van der Waals surface area contributed by atoms with Crippen molar-refractivity contribution in [2.75, 3.05) is 6.61 Å². The third-order valence-corrected chi connectivity index (χ3v) is 3.57. The Morgan fingerprint density at radius 1 is 1.40 bits per heavy atom. The van der Waals surface area contributed by atoms with Crippen LogP contribution in [-0.2, 0) is 14.3 Å². The molecule has 6 heteroatoms. The number of carboxylic acid groups (broad SMARTS) is 1. The lowest BCUT2D eigenvalue weighted by Crippen LogP contribution is -2.52. The normalized spacial score (nSPS) is 30.1. The summed E-state index contributed by atoms with van der Waals surface area (Å²) in [4.78, 5) is 23.0. The molecule has 0 aromatic rings. The smallest absolute Gasteiger partial charge is 0.408 e. The van der Waals surface area contributed by atoms with Crippen molar-refractivity contribution in [1.29, 1.82) is 0 Å². The number of aliphatic carboxylic acids is 1. The molecule has 2 aliphatic rings. The topological polar surface area (TPSA) is 84.9 Å². The zero-order chi connectivity index (χ0) is 15.0. The first-order valence-electron chi connectivity index (χ1n) is 7.04. The monoisotopic (exact) mass is 285 g/mol. The summed E-state index contributed by atoms with van der Waals surface area (Å²) in [6, 6.07) is 0.